The highest BCUT2D eigenvalue weighted by atomic mass is 16.1. The topological polar surface area (TPSA) is 81.3 Å². The van der Waals surface area contributed by atoms with Crippen molar-refractivity contribution in [2.75, 3.05) is 13.6 Å². The molecule has 164 valence electrons. The summed E-state index contributed by atoms with van der Waals surface area (Å²) in [6, 6.07) is 14.1. The largest absolute Gasteiger partial charge is 0.361 e. The van der Waals surface area contributed by atoms with E-state index in [2.05, 4.69) is 57.2 Å². The minimum absolute atomic E-state index is 0.0641. The maximum Gasteiger partial charge on any atom is 0.251 e. The first-order valence-electron chi connectivity index (χ1n) is 10.7. The molecule has 1 heterocycles. The third-order valence-electron chi connectivity index (χ3n) is 4.97. The lowest BCUT2D eigenvalue weighted by molar-refractivity contribution is 0.0919. The molecule has 0 fully saturated rings. The minimum atomic E-state index is -0.263. The van der Waals surface area contributed by atoms with Crippen molar-refractivity contribution >= 4 is 22.8 Å². The SMILES string of the molecule is CN=C(NCCc1c[nH]c2cc(C)ccc12)NCc1cccc(C(=O)NC(C)(C)C)c1. The number of guanidine groups is 1. The fraction of sp³-hybridized carbons (Fsp3) is 0.360. The molecule has 2 aromatic carbocycles. The molecule has 0 bridgehead atoms. The molecule has 0 unspecified atom stereocenters. The van der Waals surface area contributed by atoms with Crippen LogP contribution in [0.1, 0.15) is 47.8 Å². The van der Waals surface area contributed by atoms with Crippen LogP contribution in [0.3, 0.4) is 0 Å². The van der Waals surface area contributed by atoms with E-state index in [1.807, 2.05) is 45.0 Å². The Hall–Kier alpha value is -3.28. The summed E-state index contributed by atoms with van der Waals surface area (Å²) < 4.78 is 0. The van der Waals surface area contributed by atoms with Crippen LogP contribution in [0.15, 0.2) is 53.7 Å². The van der Waals surface area contributed by atoms with Gasteiger partial charge in [0.05, 0.1) is 0 Å². The lowest BCUT2D eigenvalue weighted by Crippen LogP contribution is -2.40. The summed E-state index contributed by atoms with van der Waals surface area (Å²) in [5.74, 6) is 0.672. The molecular weight excluding hydrogens is 386 g/mol. The van der Waals surface area contributed by atoms with Crippen LogP contribution in [0.4, 0.5) is 0 Å². The predicted molar refractivity (Wildman–Crippen MR) is 129 cm³/mol. The Labute approximate surface area is 184 Å². The van der Waals surface area contributed by atoms with Gasteiger partial charge >= 0.3 is 0 Å². The van der Waals surface area contributed by atoms with E-state index in [9.17, 15) is 4.79 Å². The van der Waals surface area contributed by atoms with E-state index in [-0.39, 0.29) is 11.4 Å². The number of carbonyl (C=O) groups excluding carboxylic acids is 1. The van der Waals surface area contributed by atoms with Crippen molar-refractivity contribution in [2.45, 2.75) is 46.2 Å². The number of aromatic nitrogens is 1. The van der Waals surface area contributed by atoms with Gasteiger partial charge in [0, 0.05) is 48.3 Å². The number of benzene rings is 2. The molecule has 1 amide bonds. The van der Waals surface area contributed by atoms with Crippen molar-refractivity contribution < 1.29 is 4.79 Å². The Morgan fingerprint density at radius 2 is 1.90 bits per heavy atom. The predicted octanol–water partition coefficient (Wildman–Crippen LogP) is 3.91. The quantitative estimate of drug-likeness (QED) is 0.361. The number of hydrogen-bond donors (Lipinski definition) is 4. The number of aryl methyl sites for hydroxylation is 1. The normalized spacial score (nSPS) is 12.1. The number of fused-ring (bicyclic) bond motifs is 1. The van der Waals surface area contributed by atoms with E-state index in [0.717, 1.165) is 24.5 Å². The van der Waals surface area contributed by atoms with Gasteiger partial charge in [0.1, 0.15) is 0 Å². The molecule has 0 aliphatic rings. The molecule has 0 aliphatic carbocycles. The van der Waals surface area contributed by atoms with Crippen LogP contribution >= 0.6 is 0 Å². The van der Waals surface area contributed by atoms with E-state index < -0.39 is 0 Å². The zero-order valence-corrected chi connectivity index (χ0v) is 19.1. The van der Waals surface area contributed by atoms with E-state index in [1.54, 1.807) is 7.05 Å². The number of hydrogen-bond acceptors (Lipinski definition) is 2. The molecule has 0 radical (unpaired) electrons. The van der Waals surface area contributed by atoms with Crippen LogP contribution in [0.25, 0.3) is 10.9 Å². The summed E-state index contributed by atoms with van der Waals surface area (Å²) >= 11 is 0. The van der Waals surface area contributed by atoms with Crippen molar-refractivity contribution in [1.29, 1.82) is 0 Å². The van der Waals surface area contributed by atoms with Gasteiger partial charge in [-0.15, -0.1) is 0 Å². The van der Waals surface area contributed by atoms with E-state index >= 15 is 0 Å². The lowest BCUT2D eigenvalue weighted by atomic mass is 10.1. The molecule has 6 nitrogen and oxygen atoms in total. The van der Waals surface area contributed by atoms with Gasteiger partial charge in [-0.05, 0) is 69.0 Å². The van der Waals surface area contributed by atoms with Gasteiger partial charge in [0.25, 0.3) is 5.91 Å². The molecule has 31 heavy (non-hydrogen) atoms. The molecule has 1 aromatic heterocycles. The van der Waals surface area contributed by atoms with E-state index in [1.165, 1.54) is 22.0 Å². The van der Waals surface area contributed by atoms with Gasteiger partial charge in [0.15, 0.2) is 5.96 Å². The fourth-order valence-corrected chi connectivity index (χ4v) is 3.46. The molecule has 4 N–H and O–H groups in total. The molecule has 3 rings (SSSR count). The highest BCUT2D eigenvalue weighted by Crippen LogP contribution is 2.19. The van der Waals surface area contributed by atoms with Gasteiger partial charge in [-0.25, -0.2) is 0 Å². The van der Waals surface area contributed by atoms with Crippen molar-refractivity contribution in [3.8, 4) is 0 Å². The zero-order chi connectivity index (χ0) is 22.4. The number of aliphatic imine (C=N–C) groups is 1. The Morgan fingerprint density at radius 3 is 2.65 bits per heavy atom. The zero-order valence-electron chi connectivity index (χ0n) is 19.1. The summed E-state index contributed by atoms with van der Waals surface area (Å²) in [6.07, 6.45) is 2.97. The van der Waals surface area contributed by atoms with Crippen molar-refractivity contribution in [3.63, 3.8) is 0 Å². The van der Waals surface area contributed by atoms with Gasteiger partial charge in [-0.2, -0.15) is 0 Å². The Bertz CT molecular complexity index is 1070. The first-order valence-corrected chi connectivity index (χ1v) is 10.7. The highest BCUT2D eigenvalue weighted by Gasteiger charge is 2.15. The number of aromatic amines is 1. The smallest absolute Gasteiger partial charge is 0.251 e. The number of nitrogens with zero attached hydrogens (tertiary/aromatic N) is 1. The van der Waals surface area contributed by atoms with Crippen molar-refractivity contribution in [2.24, 2.45) is 4.99 Å². The molecule has 0 aliphatic heterocycles. The Kier molecular flexibility index (Phi) is 7.00. The number of H-pyrrole nitrogens is 1. The van der Waals surface area contributed by atoms with E-state index in [4.69, 9.17) is 0 Å². The molecule has 0 atom stereocenters. The summed E-state index contributed by atoms with van der Waals surface area (Å²) in [5.41, 5.74) is 5.14. The van der Waals surface area contributed by atoms with Crippen LogP contribution in [0.5, 0.6) is 0 Å². The second kappa shape index (κ2) is 9.69. The van der Waals surface area contributed by atoms with Crippen molar-refractivity contribution in [3.05, 3.63) is 70.9 Å². The maximum absolute atomic E-state index is 12.4. The molecule has 0 spiro atoms. The first kappa shape index (κ1) is 22.4. The Morgan fingerprint density at radius 1 is 1.10 bits per heavy atom. The number of carbonyl (C=O) groups is 1. The van der Waals surface area contributed by atoms with Gasteiger partial charge in [-0.3, -0.25) is 9.79 Å². The van der Waals surface area contributed by atoms with Crippen LogP contribution in [-0.2, 0) is 13.0 Å². The monoisotopic (exact) mass is 419 g/mol. The first-order chi connectivity index (χ1) is 14.7. The molecule has 6 heteroatoms. The van der Waals surface area contributed by atoms with Gasteiger partial charge < -0.3 is 20.9 Å². The van der Waals surface area contributed by atoms with Crippen LogP contribution in [0, 0.1) is 6.92 Å². The van der Waals surface area contributed by atoms with Gasteiger partial charge in [0.2, 0.25) is 0 Å². The molecule has 0 saturated heterocycles. The molecular formula is C25H33N5O. The third-order valence-corrected chi connectivity index (χ3v) is 4.97. The average Bonchev–Trinajstić information content (AvgIpc) is 3.11. The average molecular weight is 420 g/mol. The van der Waals surface area contributed by atoms with Crippen molar-refractivity contribution in [1.82, 2.24) is 20.9 Å². The summed E-state index contributed by atoms with van der Waals surface area (Å²) in [7, 11) is 1.76. The molecule has 3 aromatic rings. The standard InChI is InChI=1S/C25H33N5O/c1-17-9-10-21-20(16-28-22(21)13-17)11-12-27-24(26-5)29-15-18-7-6-8-19(14-18)23(31)30-25(2,3)4/h6-10,13-14,16,28H,11-12,15H2,1-5H3,(H,30,31)(H2,26,27,29). The number of nitrogens with one attached hydrogen (secondary N) is 4. The Balaban J connectivity index is 1.52. The third kappa shape index (κ3) is 6.35. The lowest BCUT2D eigenvalue weighted by Gasteiger charge is -2.20. The second-order valence-electron chi connectivity index (χ2n) is 8.87. The summed E-state index contributed by atoms with van der Waals surface area (Å²) in [6.45, 7) is 9.39. The van der Waals surface area contributed by atoms with Gasteiger partial charge in [-0.1, -0.05) is 24.3 Å². The maximum atomic E-state index is 12.4. The van der Waals surface area contributed by atoms with E-state index in [0.29, 0.717) is 12.1 Å². The minimum Gasteiger partial charge on any atom is -0.361 e. The second-order valence-corrected chi connectivity index (χ2v) is 8.87. The molecule has 0 saturated carbocycles. The fourth-order valence-electron chi connectivity index (χ4n) is 3.46. The van der Waals surface area contributed by atoms with Crippen LogP contribution < -0.4 is 16.0 Å². The number of rotatable bonds is 6. The van der Waals surface area contributed by atoms with Crippen LogP contribution in [-0.4, -0.2) is 36.0 Å². The summed E-state index contributed by atoms with van der Waals surface area (Å²) in [5, 5.41) is 11.0. The highest BCUT2D eigenvalue weighted by molar-refractivity contribution is 5.94. The summed E-state index contributed by atoms with van der Waals surface area (Å²) in [4.78, 5) is 20.1. The van der Waals surface area contributed by atoms with Crippen LogP contribution in [0.2, 0.25) is 0 Å². The number of amides is 1.